The second-order valence-corrected chi connectivity index (χ2v) is 5.66. The summed E-state index contributed by atoms with van der Waals surface area (Å²) in [5.74, 6) is -1.97. The van der Waals surface area contributed by atoms with Gasteiger partial charge in [-0.15, -0.1) is 8.78 Å². The lowest BCUT2D eigenvalue weighted by atomic mass is 10.1. The van der Waals surface area contributed by atoms with Crippen LogP contribution in [0.15, 0.2) is 42.5 Å². The van der Waals surface area contributed by atoms with Crippen LogP contribution in [0.25, 0.3) is 0 Å². The van der Waals surface area contributed by atoms with E-state index in [1.165, 1.54) is 30.3 Å². The predicted molar refractivity (Wildman–Crippen MR) is 87.0 cm³/mol. The minimum atomic E-state index is -3.75. The first-order chi connectivity index (χ1) is 12.8. The van der Waals surface area contributed by atoms with Crippen LogP contribution in [0.2, 0.25) is 0 Å². The van der Waals surface area contributed by atoms with E-state index in [2.05, 4.69) is 14.8 Å². The molecule has 0 atom stereocenters. The molecule has 6 nitrogen and oxygen atoms in total. The zero-order chi connectivity index (χ0) is 19.4. The van der Waals surface area contributed by atoms with E-state index in [1.54, 1.807) is 12.1 Å². The minimum absolute atomic E-state index is 0.0258. The lowest BCUT2D eigenvalue weighted by Gasteiger charge is -2.07. The molecule has 1 amide bonds. The van der Waals surface area contributed by atoms with Crippen LogP contribution in [-0.4, -0.2) is 24.8 Å². The Morgan fingerprint density at radius 2 is 1.74 bits per heavy atom. The molecule has 0 saturated carbocycles. The van der Waals surface area contributed by atoms with Crippen molar-refractivity contribution in [3.8, 4) is 11.5 Å². The zero-order valence-corrected chi connectivity index (χ0v) is 13.8. The highest BCUT2D eigenvalue weighted by molar-refractivity contribution is 5.93. The Balaban J connectivity index is 1.43. The maximum atomic E-state index is 12.9. The topological polar surface area (TPSA) is 73.9 Å². The van der Waals surface area contributed by atoms with Crippen molar-refractivity contribution >= 4 is 17.6 Å². The van der Waals surface area contributed by atoms with E-state index in [-0.39, 0.29) is 29.4 Å². The van der Waals surface area contributed by atoms with Crippen molar-refractivity contribution < 1.29 is 37.0 Å². The molecule has 0 aromatic heterocycles. The van der Waals surface area contributed by atoms with Gasteiger partial charge in [0, 0.05) is 18.2 Å². The van der Waals surface area contributed by atoms with Gasteiger partial charge in [0.1, 0.15) is 5.82 Å². The molecule has 0 unspecified atom stereocenters. The van der Waals surface area contributed by atoms with E-state index in [9.17, 15) is 22.8 Å². The molecule has 2 aromatic rings. The average molecular weight is 381 g/mol. The number of hydrogen-bond donors (Lipinski definition) is 1. The SMILES string of the molecule is O=C(COC(=O)CCc1ccc(F)cc1)Nc1ccc2c(c1)OC(F)(F)O2. The Kier molecular flexibility index (Phi) is 5.20. The zero-order valence-electron chi connectivity index (χ0n) is 13.8. The second kappa shape index (κ2) is 7.56. The molecule has 27 heavy (non-hydrogen) atoms. The van der Waals surface area contributed by atoms with E-state index in [1.807, 2.05) is 0 Å². The largest absolute Gasteiger partial charge is 0.586 e. The fourth-order valence-corrected chi connectivity index (χ4v) is 2.34. The first kappa shape index (κ1) is 18.6. The van der Waals surface area contributed by atoms with Crippen LogP contribution in [0, 0.1) is 5.82 Å². The molecular weight excluding hydrogens is 367 g/mol. The van der Waals surface area contributed by atoms with E-state index >= 15 is 0 Å². The molecule has 0 bridgehead atoms. The molecule has 142 valence electrons. The number of hydrogen-bond acceptors (Lipinski definition) is 5. The number of alkyl halides is 2. The summed E-state index contributed by atoms with van der Waals surface area (Å²) < 4.78 is 52.1. The Labute approximate surface area is 151 Å². The number of benzene rings is 2. The van der Waals surface area contributed by atoms with Crippen LogP contribution in [0.1, 0.15) is 12.0 Å². The quantitative estimate of drug-likeness (QED) is 0.778. The molecule has 0 fully saturated rings. The van der Waals surface area contributed by atoms with E-state index < -0.39 is 24.8 Å². The molecule has 1 aliphatic heterocycles. The van der Waals surface area contributed by atoms with Gasteiger partial charge in [-0.25, -0.2) is 4.39 Å². The first-order valence-corrected chi connectivity index (χ1v) is 7.90. The molecular formula is C18H14F3NO5. The number of nitrogens with one attached hydrogen (secondary N) is 1. The van der Waals surface area contributed by atoms with Crippen molar-refractivity contribution in [3.63, 3.8) is 0 Å². The van der Waals surface area contributed by atoms with Crippen molar-refractivity contribution in [3.05, 3.63) is 53.8 Å². The molecule has 1 aliphatic rings. The molecule has 1 N–H and O–H groups in total. The Morgan fingerprint density at radius 1 is 1.04 bits per heavy atom. The van der Waals surface area contributed by atoms with Gasteiger partial charge in [-0.1, -0.05) is 12.1 Å². The number of halogens is 3. The summed E-state index contributed by atoms with van der Waals surface area (Å²) in [6.07, 6.45) is -3.37. The number of rotatable bonds is 6. The van der Waals surface area contributed by atoms with Crippen LogP contribution in [0.3, 0.4) is 0 Å². The number of ether oxygens (including phenoxy) is 3. The third kappa shape index (κ3) is 5.13. The van der Waals surface area contributed by atoms with E-state index in [4.69, 9.17) is 4.74 Å². The van der Waals surface area contributed by atoms with Crippen molar-refractivity contribution in [2.45, 2.75) is 19.1 Å². The van der Waals surface area contributed by atoms with Gasteiger partial charge >= 0.3 is 12.3 Å². The first-order valence-electron chi connectivity index (χ1n) is 7.90. The third-order valence-electron chi connectivity index (χ3n) is 3.58. The molecule has 1 heterocycles. The third-order valence-corrected chi connectivity index (χ3v) is 3.58. The van der Waals surface area contributed by atoms with Crippen LogP contribution in [-0.2, 0) is 20.7 Å². The fourth-order valence-electron chi connectivity index (χ4n) is 2.34. The summed E-state index contributed by atoms with van der Waals surface area (Å²) in [7, 11) is 0. The highest BCUT2D eigenvalue weighted by Crippen LogP contribution is 2.42. The van der Waals surface area contributed by atoms with Crippen LogP contribution in [0.4, 0.5) is 18.9 Å². The van der Waals surface area contributed by atoms with Gasteiger partial charge in [0.15, 0.2) is 18.1 Å². The Hall–Kier alpha value is -3.23. The summed E-state index contributed by atoms with van der Waals surface area (Å²) in [4.78, 5) is 23.5. The number of aryl methyl sites for hydroxylation is 1. The standard InChI is InChI=1S/C18H14F3NO5/c19-12-4-1-11(2-5-12)3-8-17(24)25-10-16(23)22-13-6-7-14-15(9-13)27-18(20,21)26-14/h1-2,4-7,9H,3,8,10H2,(H,22,23). The minimum Gasteiger partial charge on any atom is -0.456 e. The van der Waals surface area contributed by atoms with Crippen LogP contribution in [0.5, 0.6) is 11.5 Å². The Bertz CT molecular complexity index is 855. The maximum absolute atomic E-state index is 12.9. The van der Waals surface area contributed by atoms with Crippen LogP contribution >= 0.6 is 0 Å². The van der Waals surface area contributed by atoms with E-state index in [0.717, 1.165) is 5.56 Å². The number of amides is 1. The van der Waals surface area contributed by atoms with Gasteiger partial charge in [0.2, 0.25) is 0 Å². The van der Waals surface area contributed by atoms with Crippen molar-refractivity contribution in [2.24, 2.45) is 0 Å². The lowest BCUT2D eigenvalue weighted by molar-refractivity contribution is -0.286. The molecule has 2 aromatic carbocycles. The molecule has 0 radical (unpaired) electrons. The highest BCUT2D eigenvalue weighted by atomic mass is 19.3. The maximum Gasteiger partial charge on any atom is 0.586 e. The summed E-state index contributed by atoms with van der Waals surface area (Å²) in [5.41, 5.74) is 0.942. The summed E-state index contributed by atoms with van der Waals surface area (Å²) in [6.45, 7) is -0.535. The van der Waals surface area contributed by atoms with Gasteiger partial charge < -0.3 is 19.5 Å². The van der Waals surface area contributed by atoms with Crippen molar-refractivity contribution in [1.82, 2.24) is 0 Å². The van der Waals surface area contributed by atoms with E-state index in [0.29, 0.717) is 6.42 Å². The fraction of sp³-hybridized carbons (Fsp3) is 0.222. The smallest absolute Gasteiger partial charge is 0.456 e. The van der Waals surface area contributed by atoms with Gasteiger partial charge in [-0.05, 0) is 36.2 Å². The summed E-state index contributed by atoms with van der Waals surface area (Å²) >= 11 is 0. The van der Waals surface area contributed by atoms with Crippen molar-refractivity contribution in [2.75, 3.05) is 11.9 Å². The molecule has 0 spiro atoms. The van der Waals surface area contributed by atoms with Gasteiger partial charge in [0.25, 0.3) is 5.91 Å². The monoisotopic (exact) mass is 381 g/mol. The van der Waals surface area contributed by atoms with Gasteiger partial charge in [-0.2, -0.15) is 0 Å². The molecule has 0 saturated heterocycles. The number of esters is 1. The number of carbonyl (C=O) groups excluding carboxylic acids is 2. The van der Waals surface area contributed by atoms with Crippen molar-refractivity contribution in [1.29, 1.82) is 0 Å². The summed E-state index contributed by atoms with van der Waals surface area (Å²) in [5, 5.41) is 2.40. The van der Waals surface area contributed by atoms with Gasteiger partial charge in [-0.3, -0.25) is 9.59 Å². The summed E-state index contributed by atoms with van der Waals surface area (Å²) in [6, 6.07) is 9.42. The Morgan fingerprint density at radius 3 is 2.48 bits per heavy atom. The van der Waals surface area contributed by atoms with Gasteiger partial charge in [0.05, 0.1) is 0 Å². The second-order valence-electron chi connectivity index (χ2n) is 5.66. The predicted octanol–water partition coefficient (Wildman–Crippen LogP) is 3.26. The average Bonchev–Trinajstić information content (AvgIpc) is 2.92. The number of anilines is 1. The molecule has 0 aliphatic carbocycles. The molecule has 9 heteroatoms. The number of fused-ring (bicyclic) bond motifs is 1. The lowest BCUT2D eigenvalue weighted by Crippen LogP contribution is -2.25. The van der Waals surface area contributed by atoms with Crippen LogP contribution < -0.4 is 14.8 Å². The number of carbonyl (C=O) groups is 2. The highest BCUT2D eigenvalue weighted by Gasteiger charge is 2.43. The molecule has 3 rings (SSSR count). The normalized spacial score (nSPS) is 13.9.